The van der Waals surface area contributed by atoms with Crippen LogP contribution in [0.2, 0.25) is 0 Å². The fraction of sp³-hybridized carbons (Fsp3) is 0.174. The molecule has 9 nitrogen and oxygen atoms in total. The van der Waals surface area contributed by atoms with Crippen LogP contribution in [-0.4, -0.2) is 38.4 Å². The smallest absolute Gasteiger partial charge is 0.321 e. The van der Waals surface area contributed by atoms with E-state index in [9.17, 15) is 13.2 Å². The van der Waals surface area contributed by atoms with Crippen LogP contribution in [-0.2, 0) is 16.4 Å². The van der Waals surface area contributed by atoms with Crippen LogP contribution in [0.15, 0.2) is 71.3 Å². The van der Waals surface area contributed by atoms with E-state index in [1.807, 2.05) is 24.3 Å². The van der Waals surface area contributed by atoms with E-state index in [4.69, 9.17) is 9.47 Å². The first-order chi connectivity index (χ1) is 15.9. The average molecular weight is 467 g/mol. The largest absolute Gasteiger partial charge is 0.481 e. The highest BCUT2D eigenvalue weighted by Gasteiger charge is 2.21. The van der Waals surface area contributed by atoms with Gasteiger partial charge in [0.2, 0.25) is 5.88 Å². The number of rotatable bonds is 7. The van der Waals surface area contributed by atoms with Crippen molar-refractivity contribution in [3.8, 4) is 11.9 Å². The summed E-state index contributed by atoms with van der Waals surface area (Å²) < 4.78 is 37.9. The van der Waals surface area contributed by atoms with Gasteiger partial charge in [-0.3, -0.25) is 9.52 Å². The van der Waals surface area contributed by atoms with Crippen molar-refractivity contribution in [1.29, 1.82) is 0 Å². The maximum absolute atomic E-state index is 12.7. The summed E-state index contributed by atoms with van der Waals surface area (Å²) in [5.41, 5.74) is 3.11. The Labute approximate surface area is 191 Å². The molecule has 1 aromatic heterocycles. The van der Waals surface area contributed by atoms with Gasteiger partial charge in [0.05, 0.1) is 19.1 Å². The number of fused-ring (bicyclic) bond motifs is 1. The van der Waals surface area contributed by atoms with Crippen LogP contribution in [0.4, 0.5) is 11.5 Å². The summed E-state index contributed by atoms with van der Waals surface area (Å²) in [5.74, 6) is 0.178. The number of nitrogens with zero attached hydrogens (tertiary/aromatic N) is 2. The molecule has 1 aliphatic carbocycles. The number of sulfonamides is 1. The van der Waals surface area contributed by atoms with Gasteiger partial charge in [-0.2, -0.15) is 9.97 Å². The van der Waals surface area contributed by atoms with Crippen molar-refractivity contribution < 1.29 is 22.7 Å². The Balaban J connectivity index is 1.47. The van der Waals surface area contributed by atoms with Crippen molar-refractivity contribution in [3.63, 3.8) is 0 Å². The predicted molar refractivity (Wildman–Crippen MR) is 123 cm³/mol. The first kappa shape index (κ1) is 22.3. The molecule has 1 heterocycles. The number of methoxy groups -OCH3 is 2. The molecule has 4 rings (SSSR count). The lowest BCUT2D eigenvalue weighted by Crippen LogP contribution is -2.15. The summed E-state index contributed by atoms with van der Waals surface area (Å²) in [7, 11) is -1.13. The molecule has 2 N–H and O–H groups in total. The fourth-order valence-electron chi connectivity index (χ4n) is 3.40. The van der Waals surface area contributed by atoms with Crippen LogP contribution in [0.1, 0.15) is 22.3 Å². The Morgan fingerprint density at radius 1 is 0.970 bits per heavy atom. The molecule has 10 heteroatoms. The van der Waals surface area contributed by atoms with Gasteiger partial charge in [0.25, 0.3) is 10.0 Å². The van der Waals surface area contributed by atoms with E-state index in [0.29, 0.717) is 17.7 Å². The lowest BCUT2D eigenvalue weighted by Gasteiger charge is -2.17. The number of Topliss-reactive ketones (excluding diaryl/α,β-unsaturated/α-hetero) is 1. The van der Waals surface area contributed by atoms with Gasteiger partial charge in [0.15, 0.2) is 11.6 Å². The van der Waals surface area contributed by atoms with E-state index in [2.05, 4.69) is 20.0 Å². The Bertz CT molecular complexity index is 1300. The molecule has 0 unspecified atom stereocenters. The second kappa shape index (κ2) is 9.29. The number of ketones is 1. The molecule has 0 aliphatic heterocycles. The first-order valence-electron chi connectivity index (χ1n) is 10.1. The SMILES string of the molecule is COc1cc(NS(=O)(=O)c2ccc(N/C=C3/CCc4ccccc4C3=O)cc2)nc(OC)n1. The number of ether oxygens (including phenoxy) is 2. The quantitative estimate of drug-likeness (QED) is 0.509. The number of hydrogen-bond acceptors (Lipinski definition) is 8. The number of aryl methyl sites for hydroxylation is 1. The summed E-state index contributed by atoms with van der Waals surface area (Å²) in [5, 5.41) is 3.08. The number of nitrogens with one attached hydrogen (secondary N) is 2. The molecule has 0 bridgehead atoms. The molecule has 0 fully saturated rings. The summed E-state index contributed by atoms with van der Waals surface area (Å²) in [6.07, 6.45) is 3.13. The molecule has 0 saturated carbocycles. The zero-order valence-corrected chi connectivity index (χ0v) is 18.8. The molecule has 0 atom stereocenters. The topological polar surface area (TPSA) is 120 Å². The minimum Gasteiger partial charge on any atom is -0.481 e. The summed E-state index contributed by atoms with van der Waals surface area (Å²) in [6, 6.07) is 15.1. The predicted octanol–water partition coefficient (Wildman–Crippen LogP) is 3.42. The van der Waals surface area contributed by atoms with Crippen molar-refractivity contribution in [2.75, 3.05) is 24.3 Å². The molecular weight excluding hydrogens is 444 g/mol. The molecule has 0 amide bonds. The number of hydrogen-bond donors (Lipinski definition) is 2. The van der Waals surface area contributed by atoms with Crippen molar-refractivity contribution in [2.45, 2.75) is 17.7 Å². The Morgan fingerprint density at radius 3 is 2.45 bits per heavy atom. The minimum absolute atomic E-state index is 0.00320. The Kier molecular flexibility index (Phi) is 6.27. The summed E-state index contributed by atoms with van der Waals surface area (Å²) in [6.45, 7) is 0. The zero-order valence-electron chi connectivity index (χ0n) is 18.0. The first-order valence-corrected chi connectivity index (χ1v) is 11.6. The number of benzene rings is 2. The molecule has 1 aliphatic rings. The molecule has 0 radical (unpaired) electrons. The normalized spacial score (nSPS) is 14.5. The molecule has 2 aromatic carbocycles. The van der Waals surface area contributed by atoms with Crippen LogP contribution in [0, 0.1) is 0 Å². The van der Waals surface area contributed by atoms with Crippen LogP contribution in [0.3, 0.4) is 0 Å². The van der Waals surface area contributed by atoms with Crippen molar-refractivity contribution in [3.05, 3.63) is 77.5 Å². The van der Waals surface area contributed by atoms with Crippen molar-refractivity contribution >= 4 is 27.3 Å². The lowest BCUT2D eigenvalue weighted by atomic mass is 9.87. The third-order valence-corrected chi connectivity index (χ3v) is 6.48. The van der Waals surface area contributed by atoms with Gasteiger partial charge in [0.1, 0.15) is 0 Å². The summed E-state index contributed by atoms with van der Waals surface area (Å²) in [4.78, 5) is 20.6. The van der Waals surface area contributed by atoms with Gasteiger partial charge in [-0.05, 0) is 42.7 Å². The molecule has 33 heavy (non-hydrogen) atoms. The van der Waals surface area contributed by atoms with Crippen LogP contribution in [0.25, 0.3) is 0 Å². The van der Waals surface area contributed by atoms with E-state index < -0.39 is 10.0 Å². The molecule has 3 aromatic rings. The van der Waals surface area contributed by atoms with Gasteiger partial charge in [-0.25, -0.2) is 8.42 Å². The van der Waals surface area contributed by atoms with Gasteiger partial charge in [0, 0.05) is 29.1 Å². The second-order valence-electron chi connectivity index (χ2n) is 7.21. The highest BCUT2D eigenvalue weighted by molar-refractivity contribution is 7.92. The van der Waals surface area contributed by atoms with Gasteiger partial charge >= 0.3 is 6.01 Å². The van der Waals surface area contributed by atoms with Gasteiger partial charge < -0.3 is 14.8 Å². The number of aromatic nitrogens is 2. The van der Waals surface area contributed by atoms with E-state index in [0.717, 1.165) is 17.5 Å². The lowest BCUT2D eigenvalue weighted by molar-refractivity contribution is 0.102. The van der Waals surface area contributed by atoms with Gasteiger partial charge in [-0.15, -0.1) is 0 Å². The van der Waals surface area contributed by atoms with E-state index in [-0.39, 0.29) is 28.4 Å². The molecular formula is C23H22N4O5S. The Hall–Kier alpha value is -3.92. The number of carbonyl (C=O) groups excluding carboxylic acids is 1. The van der Waals surface area contributed by atoms with Crippen LogP contribution >= 0.6 is 0 Å². The molecule has 0 spiro atoms. The standard InChI is InChI=1S/C23H22N4O5S/c1-31-21-13-20(25-23(26-21)32-2)27-33(29,30)18-11-9-17(10-12-18)24-14-16-8-7-15-5-3-4-6-19(15)22(16)28/h3-6,9-14,24H,7-8H2,1-2H3,(H,25,26,27)/b16-14-. The molecule has 0 saturated heterocycles. The number of anilines is 2. The van der Waals surface area contributed by atoms with Gasteiger partial charge in [-0.1, -0.05) is 24.3 Å². The summed E-state index contributed by atoms with van der Waals surface area (Å²) >= 11 is 0. The molecule has 170 valence electrons. The minimum atomic E-state index is -3.91. The second-order valence-corrected chi connectivity index (χ2v) is 8.89. The number of allylic oxidation sites excluding steroid dienone is 1. The van der Waals surface area contributed by atoms with E-state index in [1.54, 1.807) is 18.3 Å². The average Bonchev–Trinajstić information content (AvgIpc) is 2.83. The van der Waals surface area contributed by atoms with Crippen molar-refractivity contribution in [1.82, 2.24) is 9.97 Å². The van der Waals surface area contributed by atoms with Crippen molar-refractivity contribution in [2.24, 2.45) is 0 Å². The van der Waals surface area contributed by atoms with Crippen LogP contribution in [0.5, 0.6) is 11.9 Å². The van der Waals surface area contributed by atoms with E-state index >= 15 is 0 Å². The van der Waals surface area contributed by atoms with Crippen LogP contribution < -0.4 is 19.5 Å². The third-order valence-electron chi connectivity index (χ3n) is 5.11. The zero-order chi connectivity index (χ0) is 23.4. The highest BCUT2D eigenvalue weighted by Crippen LogP contribution is 2.25. The fourth-order valence-corrected chi connectivity index (χ4v) is 4.39. The maximum atomic E-state index is 12.7. The third kappa shape index (κ3) is 4.96. The monoisotopic (exact) mass is 466 g/mol. The highest BCUT2D eigenvalue weighted by atomic mass is 32.2. The maximum Gasteiger partial charge on any atom is 0.321 e. The van der Waals surface area contributed by atoms with E-state index in [1.165, 1.54) is 32.4 Å². The number of carbonyl (C=O) groups is 1. The Morgan fingerprint density at radius 2 is 1.73 bits per heavy atom.